The van der Waals surface area contributed by atoms with Crippen LogP contribution in [0.25, 0.3) is 5.57 Å². The van der Waals surface area contributed by atoms with Gasteiger partial charge in [0.1, 0.15) is 4.32 Å². The van der Waals surface area contributed by atoms with E-state index in [9.17, 15) is 9.59 Å². The van der Waals surface area contributed by atoms with Crippen LogP contribution in [0.4, 0.5) is 5.69 Å². The first-order valence-corrected chi connectivity index (χ1v) is 9.41. The Hall–Kier alpha value is -1.18. The van der Waals surface area contributed by atoms with E-state index in [1.165, 1.54) is 16.7 Å². The molecule has 2 heterocycles. The largest absolute Gasteiger partial charge is 0.308 e. The molecular weight excluding hydrogens is 396 g/mol. The number of nitrogens with zero attached hydrogens (tertiary/aromatic N) is 2. The van der Waals surface area contributed by atoms with Crippen LogP contribution in [-0.2, 0) is 9.59 Å². The van der Waals surface area contributed by atoms with Gasteiger partial charge in [0.2, 0.25) is 0 Å². The minimum absolute atomic E-state index is 0.114. The molecule has 0 saturated carbocycles. The molecule has 2 aliphatic heterocycles. The monoisotopic (exact) mass is 410 g/mol. The van der Waals surface area contributed by atoms with E-state index in [0.717, 1.165) is 22.1 Å². The van der Waals surface area contributed by atoms with Crippen LogP contribution >= 0.6 is 39.9 Å². The summed E-state index contributed by atoms with van der Waals surface area (Å²) in [5.74, 6) is -0.285. The second-order valence-electron chi connectivity index (χ2n) is 5.24. The molecule has 1 fully saturated rings. The summed E-state index contributed by atoms with van der Waals surface area (Å²) < 4.78 is 1.39. The van der Waals surface area contributed by atoms with E-state index in [2.05, 4.69) is 15.9 Å². The topological polar surface area (TPSA) is 40.6 Å². The standard InChI is InChI=1S/C16H15BrN2O2S2/c1-3-7-19-11-6-5-9(17)8-10(11)12(14(19)20)13-15(21)18(4-2)16(22)23-13/h5-6,8H,3-4,7H2,1-2H3/b13-12+. The molecule has 3 rings (SSSR count). The molecule has 23 heavy (non-hydrogen) atoms. The molecule has 0 aromatic heterocycles. The van der Waals surface area contributed by atoms with Gasteiger partial charge in [-0.25, -0.2) is 0 Å². The number of hydrogen-bond donors (Lipinski definition) is 0. The lowest BCUT2D eigenvalue weighted by molar-refractivity contribution is -0.122. The molecule has 0 N–H and O–H groups in total. The van der Waals surface area contributed by atoms with Crippen molar-refractivity contribution in [2.45, 2.75) is 20.3 Å². The van der Waals surface area contributed by atoms with Gasteiger partial charge in [-0.2, -0.15) is 0 Å². The molecule has 7 heteroatoms. The molecule has 1 aromatic rings. The lowest BCUT2D eigenvalue weighted by Crippen LogP contribution is -2.29. The summed E-state index contributed by atoms with van der Waals surface area (Å²) in [5, 5.41) is 0. The van der Waals surface area contributed by atoms with E-state index < -0.39 is 0 Å². The lowest BCUT2D eigenvalue weighted by Gasteiger charge is -2.15. The highest BCUT2D eigenvalue weighted by Gasteiger charge is 2.41. The molecule has 1 saturated heterocycles. The van der Waals surface area contributed by atoms with E-state index in [1.54, 1.807) is 4.90 Å². The summed E-state index contributed by atoms with van der Waals surface area (Å²) in [4.78, 5) is 29.3. The van der Waals surface area contributed by atoms with Crippen molar-refractivity contribution in [3.8, 4) is 0 Å². The number of hydrogen-bond acceptors (Lipinski definition) is 4. The van der Waals surface area contributed by atoms with E-state index in [4.69, 9.17) is 12.2 Å². The Bertz CT molecular complexity index is 760. The predicted octanol–water partition coefficient (Wildman–Crippen LogP) is 3.80. The number of anilines is 1. The second-order valence-corrected chi connectivity index (χ2v) is 7.80. The van der Waals surface area contributed by atoms with Crippen molar-refractivity contribution in [3.05, 3.63) is 33.1 Å². The van der Waals surface area contributed by atoms with Gasteiger partial charge in [-0.05, 0) is 31.5 Å². The fourth-order valence-corrected chi connectivity index (χ4v) is 4.61. The average molecular weight is 411 g/mol. The van der Waals surface area contributed by atoms with Crippen LogP contribution in [0.3, 0.4) is 0 Å². The van der Waals surface area contributed by atoms with Gasteiger partial charge < -0.3 is 4.90 Å². The van der Waals surface area contributed by atoms with Gasteiger partial charge >= 0.3 is 0 Å². The number of fused-ring (bicyclic) bond motifs is 1. The zero-order valence-corrected chi connectivity index (χ0v) is 16.0. The summed E-state index contributed by atoms with van der Waals surface area (Å²) in [6.45, 7) is 5.05. The SMILES string of the molecule is CCCN1C(=O)/C(=C2/SC(=S)N(CC)C2=O)c2cc(Br)ccc21. The van der Waals surface area contributed by atoms with Crippen molar-refractivity contribution < 1.29 is 9.59 Å². The van der Waals surface area contributed by atoms with Crippen LogP contribution < -0.4 is 4.90 Å². The van der Waals surface area contributed by atoms with Crippen LogP contribution in [0.5, 0.6) is 0 Å². The highest BCUT2D eigenvalue weighted by atomic mass is 79.9. The number of likely N-dealkylation sites (N-methyl/N-ethyl adjacent to an activating group) is 1. The maximum absolute atomic E-state index is 12.9. The number of benzene rings is 1. The average Bonchev–Trinajstić information content (AvgIpc) is 2.93. The van der Waals surface area contributed by atoms with Crippen molar-refractivity contribution in [1.29, 1.82) is 0 Å². The van der Waals surface area contributed by atoms with Gasteiger partial charge in [0.05, 0.1) is 16.2 Å². The van der Waals surface area contributed by atoms with Crippen molar-refractivity contribution in [2.24, 2.45) is 0 Å². The smallest absolute Gasteiger partial charge is 0.266 e. The molecule has 0 bridgehead atoms. The number of thioether (sulfide) groups is 1. The maximum Gasteiger partial charge on any atom is 0.266 e. The first-order valence-electron chi connectivity index (χ1n) is 7.39. The summed E-state index contributed by atoms with van der Waals surface area (Å²) in [5.41, 5.74) is 2.13. The zero-order chi connectivity index (χ0) is 16.7. The highest BCUT2D eigenvalue weighted by Crippen LogP contribution is 2.45. The molecule has 4 nitrogen and oxygen atoms in total. The van der Waals surface area contributed by atoms with Crippen molar-refractivity contribution in [2.75, 3.05) is 18.0 Å². The van der Waals surface area contributed by atoms with Crippen molar-refractivity contribution in [3.63, 3.8) is 0 Å². The summed E-state index contributed by atoms with van der Waals surface area (Å²) in [7, 11) is 0. The second kappa shape index (κ2) is 6.37. The fourth-order valence-electron chi connectivity index (χ4n) is 2.79. The Morgan fingerprint density at radius 2 is 1.91 bits per heavy atom. The molecule has 0 radical (unpaired) electrons. The Morgan fingerprint density at radius 3 is 2.52 bits per heavy atom. The third kappa shape index (κ3) is 2.64. The Labute approximate surface area is 153 Å². The quantitative estimate of drug-likeness (QED) is 0.561. The Kier molecular flexibility index (Phi) is 4.62. The number of amides is 2. The molecule has 0 spiro atoms. The minimum atomic E-state index is -0.171. The van der Waals surface area contributed by atoms with Gasteiger partial charge in [0, 0.05) is 23.1 Å². The first kappa shape index (κ1) is 16.7. The normalized spacial score (nSPS) is 20.7. The number of thiocarbonyl (C=S) groups is 1. The van der Waals surface area contributed by atoms with E-state index in [1.807, 2.05) is 32.0 Å². The number of carbonyl (C=O) groups excluding carboxylic acids is 2. The third-order valence-electron chi connectivity index (χ3n) is 3.82. The zero-order valence-electron chi connectivity index (χ0n) is 12.8. The van der Waals surface area contributed by atoms with Crippen LogP contribution in [0, 0.1) is 0 Å². The van der Waals surface area contributed by atoms with E-state index in [-0.39, 0.29) is 11.8 Å². The molecule has 0 aliphatic carbocycles. The van der Waals surface area contributed by atoms with Crippen LogP contribution in [0.15, 0.2) is 27.6 Å². The van der Waals surface area contributed by atoms with E-state index >= 15 is 0 Å². The number of halogens is 1. The van der Waals surface area contributed by atoms with Gasteiger partial charge in [0.25, 0.3) is 11.8 Å². The maximum atomic E-state index is 12.9. The molecule has 1 aromatic carbocycles. The molecular formula is C16H15BrN2O2S2. The van der Waals surface area contributed by atoms with Crippen LogP contribution in [0.1, 0.15) is 25.8 Å². The molecule has 2 amide bonds. The molecule has 2 aliphatic rings. The number of rotatable bonds is 3. The first-order chi connectivity index (χ1) is 11.0. The van der Waals surface area contributed by atoms with Crippen LogP contribution in [-0.4, -0.2) is 34.1 Å². The van der Waals surface area contributed by atoms with Crippen molar-refractivity contribution >= 4 is 67.3 Å². The summed E-state index contributed by atoms with van der Waals surface area (Å²) >= 11 is 9.95. The Balaban J connectivity index is 2.19. The van der Waals surface area contributed by atoms with Gasteiger partial charge in [0.15, 0.2) is 0 Å². The highest BCUT2D eigenvalue weighted by molar-refractivity contribution is 9.10. The summed E-state index contributed by atoms with van der Waals surface area (Å²) in [6, 6.07) is 5.73. The molecule has 0 unspecified atom stereocenters. The predicted molar refractivity (Wildman–Crippen MR) is 101 cm³/mol. The van der Waals surface area contributed by atoms with Gasteiger partial charge in [-0.15, -0.1) is 0 Å². The van der Waals surface area contributed by atoms with Crippen LogP contribution in [0.2, 0.25) is 0 Å². The third-order valence-corrected chi connectivity index (χ3v) is 5.76. The van der Waals surface area contributed by atoms with E-state index in [0.29, 0.717) is 27.9 Å². The van der Waals surface area contributed by atoms with Crippen molar-refractivity contribution in [1.82, 2.24) is 4.90 Å². The minimum Gasteiger partial charge on any atom is -0.308 e. The number of carbonyl (C=O) groups is 2. The molecule has 0 atom stereocenters. The summed E-state index contributed by atoms with van der Waals surface area (Å²) in [6.07, 6.45) is 0.852. The fraction of sp³-hybridized carbons (Fsp3) is 0.312. The lowest BCUT2D eigenvalue weighted by atomic mass is 10.1. The van der Waals surface area contributed by atoms with Gasteiger partial charge in [-0.1, -0.05) is 46.8 Å². The molecule has 120 valence electrons. The Morgan fingerprint density at radius 1 is 1.17 bits per heavy atom. The van der Waals surface area contributed by atoms with Gasteiger partial charge in [-0.3, -0.25) is 14.5 Å².